The second-order valence-electron chi connectivity index (χ2n) is 5.63. The summed E-state index contributed by atoms with van der Waals surface area (Å²) in [6.07, 6.45) is 1.61. The predicted molar refractivity (Wildman–Crippen MR) is 79.3 cm³/mol. The fourth-order valence-electron chi connectivity index (χ4n) is 2.89. The van der Waals surface area contributed by atoms with Crippen LogP contribution in [0.2, 0.25) is 0 Å². The van der Waals surface area contributed by atoms with Crippen LogP contribution in [0.5, 0.6) is 0 Å². The fraction of sp³-hybridized carbons (Fsp3) is 0.500. The molecule has 2 aliphatic heterocycles. The summed E-state index contributed by atoms with van der Waals surface area (Å²) < 4.78 is 5.45. The second kappa shape index (κ2) is 5.85. The number of carbonyl (C=O) groups is 2. The van der Waals surface area contributed by atoms with Crippen molar-refractivity contribution in [1.82, 2.24) is 4.90 Å². The Kier molecular flexibility index (Phi) is 3.92. The maximum atomic E-state index is 12.4. The summed E-state index contributed by atoms with van der Waals surface area (Å²) in [4.78, 5) is 27.8. The van der Waals surface area contributed by atoms with Crippen LogP contribution >= 0.6 is 0 Å². The number of hydrogen-bond acceptors (Lipinski definition) is 3. The lowest BCUT2D eigenvalue weighted by Gasteiger charge is -2.31. The van der Waals surface area contributed by atoms with Crippen LogP contribution in [0.25, 0.3) is 0 Å². The van der Waals surface area contributed by atoms with Gasteiger partial charge in [-0.15, -0.1) is 0 Å². The summed E-state index contributed by atoms with van der Waals surface area (Å²) in [6, 6.07) is 7.34. The molecule has 2 heterocycles. The largest absolute Gasteiger partial charge is 0.375 e. The average molecular weight is 288 g/mol. The molecule has 1 aromatic carbocycles. The van der Waals surface area contributed by atoms with Crippen molar-refractivity contribution in [2.24, 2.45) is 0 Å². The van der Waals surface area contributed by atoms with Crippen molar-refractivity contribution < 1.29 is 14.3 Å². The van der Waals surface area contributed by atoms with E-state index in [-0.39, 0.29) is 17.9 Å². The van der Waals surface area contributed by atoms with Crippen molar-refractivity contribution in [3.63, 3.8) is 0 Å². The molecular formula is C16H20N2O3. The van der Waals surface area contributed by atoms with Crippen LogP contribution in [0, 0.1) is 0 Å². The fourth-order valence-corrected chi connectivity index (χ4v) is 2.89. The third kappa shape index (κ3) is 2.93. The van der Waals surface area contributed by atoms with Gasteiger partial charge in [0.1, 0.15) is 0 Å². The molecule has 1 unspecified atom stereocenters. The van der Waals surface area contributed by atoms with Crippen LogP contribution in [0.1, 0.15) is 30.1 Å². The molecule has 112 valence electrons. The first-order chi connectivity index (χ1) is 10.1. The number of nitrogens with zero attached hydrogens (tertiary/aromatic N) is 2. The molecule has 21 heavy (non-hydrogen) atoms. The van der Waals surface area contributed by atoms with Gasteiger partial charge in [-0.1, -0.05) is 0 Å². The van der Waals surface area contributed by atoms with E-state index in [0.717, 1.165) is 18.7 Å². The van der Waals surface area contributed by atoms with Crippen LogP contribution < -0.4 is 4.90 Å². The average Bonchev–Trinajstić information content (AvgIpc) is 2.93. The van der Waals surface area contributed by atoms with Crippen LogP contribution in [-0.2, 0) is 9.53 Å². The van der Waals surface area contributed by atoms with Crippen molar-refractivity contribution in [2.75, 3.05) is 31.1 Å². The number of hydrogen-bond donors (Lipinski definition) is 0. The van der Waals surface area contributed by atoms with Crippen molar-refractivity contribution >= 4 is 17.5 Å². The molecule has 1 atom stereocenters. The Morgan fingerprint density at radius 1 is 1.24 bits per heavy atom. The highest BCUT2D eigenvalue weighted by Gasteiger charge is 2.24. The zero-order chi connectivity index (χ0) is 14.8. The Bertz CT molecular complexity index is 541. The van der Waals surface area contributed by atoms with Crippen LogP contribution in [0.15, 0.2) is 24.3 Å². The third-order valence-electron chi connectivity index (χ3n) is 4.03. The smallest absolute Gasteiger partial charge is 0.254 e. The van der Waals surface area contributed by atoms with Gasteiger partial charge < -0.3 is 14.5 Å². The minimum atomic E-state index is 0.0319. The zero-order valence-electron chi connectivity index (χ0n) is 12.2. The van der Waals surface area contributed by atoms with Gasteiger partial charge >= 0.3 is 0 Å². The van der Waals surface area contributed by atoms with E-state index >= 15 is 0 Å². The molecule has 2 amide bonds. The Balaban J connectivity index is 1.71. The van der Waals surface area contributed by atoms with Gasteiger partial charge in [0, 0.05) is 37.3 Å². The summed E-state index contributed by atoms with van der Waals surface area (Å²) in [5.41, 5.74) is 1.55. The molecule has 3 rings (SSSR count). The minimum absolute atomic E-state index is 0.0319. The standard InChI is InChI=1S/C16H20N2O3/c1-12-11-17(9-10-21-12)16(20)13-4-6-14(7-5-13)18-8-2-3-15(18)19/h4-7,12H,2-3,8-11H2,1H3. The molecule has 0 N–H and O–H groups in total. The number of anilines is 1. The number of morpholine rings is 1. The second-order valence-corrected chi connectivity index (χ2v) is 5.63. The summed E-state index contributed by atoms with van der Waals surface area (Å²) in [5, 5.41) is 0. The molecule has 2 aliphatic rings. The van der Waals surface area contributed by atoms with E-state index in [0.29, 0.717) is 31.7 Å². The summed E-state index contributed by atoms with van der Waals surface area (Å²) in [6.45, 7) is 4.60. The van der Waals surface area contributed by atoms with Crippen molar-refractivity contribution in [3.05, 3.63) is 29.8 Å². The first-order valence-electron chi connectivity index (χ1n) is 7.46. The maximum absolute atomic E-state index is 12.4. The molecule has 1 aromatic rings. The molecule has 0 spiro atoms. The molecule has 0 aromatic heterocycles. The lowest BCUT2D eigenvalue weighted by atomic mass is 10.1. The van der Waals surface area contributed by atoms with Crippen LogP contribution in [0.3, 0.4) is 0 Å². The van der Waals surface area contributed by atoms with Crippen LogP contribution in [-0.4, -0.2) is 49.1 Å². The summed E-state index contributed by atoms with van der Waals surface area (Å²) >= 11 is 0. The zero-order valence-corrected chi connectivity index (χ0v) is 12.2. The molecule has 0 bridgehead atoms. The summed E-state index contributed by atoms with van der Waals surface area (Å²) in [5.74, 6) is 0.195. The van der Waals surface area contributed by atoms with E-state index in [1.54, 1.807) is 4.90 Å². The van der Waals surface area contributed by atoms with E-state index in [9.17, 15) is 9.59 Å². The van der Waals surface area contributed by atoms with E-state index in [4.69, 9.17) is 4.74 Å². The van der Waals surface area contributed by atoms with E-state index in [1.807, 2.05) is 36.1 Å². The van der Waals surface area contributed by atoms with Crippen molar-refractivity contribution in [1.29, 1.82) is 0 Å². The molecule has 0 radical (unpaired) electrons. The monoisotopic (exact) mass is 288 g/mol. The maximum Gasteiger partial charge on any atom is 0.254 e. The lowest BCUT2D eigenvalue weighted by Crippen LogP contribution is -2.44. The molecular weight excluding hydrogens is 268 g/mol. The Morgan fingerprint density at radius 3 is 2.62 bits per heavy atom. The lowest BCUT2D eigenvalue weighted by molar-refractivity contribution is -0.117. The van der Waals surface area contributed by atoms with Gasteiger partial charge in [-0.3, -0.25) is 9.59 Å². The van der Waals surface area contributed by atoms with Gasteiger partial charge in [0.15, 0.2) is 0 Å². The minimum Gasteiger partial charge on any atom is -0.375 e. The number of ether oxygens (including phenoxy) is 1. The van der Waals surface area contributed by atoms with Gasteiger partial charge in [0.05, 0.1) is 12.7 Å². The number of carbonyl (C=O) groups excluding carboxylic acids is 2. The highest BCUT2D eigenvalue weighted by atomic mass is 16.5. The van der Waals surface area contributed by atoms with Gasteiger partial charge in [-0.05, 0) is 37.6 Å². The van der Waals surface area contributed by atoms with Gasteiger partial charge in [-0.25, -0.2) is 0 Å². The van der Waals surface area contributed by atoms with Gasteiger partial charge in [-0.2, -0.15) is 0 Å². The van der Waals surface area contributed by atoms with E-state index in [1.165, 1.54) is 0 Å². The number of amides is 2. The third-order valence-corrected chi connectivity index (χ3v) is 4.03. The first-order valence-corrected chi connectivity index (χ1v) is 7.46. The normalized spacial score (nSPS) is 22.7. The molecule has 2 fully saturated rings. The summed E-state index contributed by atoms with van der Waals surface area (Å²) in [7, 11) is 0. The Morgan fingerprint density at radius 2 is 2.00 bits per heavy atom. The van der Waals surface area contributed by atoms with Gasteiger partial charge in [0.25, 0.3) is 5.91 Å². The molecule has 5 nitrogen and oxygen atoms in total. The van der Waals surface area contributed by atoms with Crippen LogP contribution in [0.4, 0.5) is 5.69 Å². The Hall–Kier alpha value is -1.88. The van der Waals surface area contributed by atoms with E-state index in [2.05, 4.69) is 0 Å². The highest BCUT2D eigenvalue weighted by molar-refractivity contribution is 5.97. The molecule has 5 heteroatoms. The predicted octanol–water partition coefficient (Wildman–Crippen LogP) is 1.67. The van der Waals surface area contributed by atoms with E-state index < -0.39 is 0 Å². The number of rotatable bonds is 2. The van der Waals surface area contributed by atoms with Gasteiger partial charge in [0.2, 0.25) is 5.91 Å². The quantitative estimate of drug-likeness (QED) is 0.832. The molecule has 0 saturated carbocycles. The molecule has 0 aliphatic carbocycles. The van der Waals surface area contributed by atoms with Crippen molar-refractivity contribution in [3.8, 4) is 0 Å². The SMILES string of the molecule is CC1CN(C(=O)c2ccc(N3CCCC3=O)cc2)CCO1. The number of benzene rings is 1. The topological polar surface area (TPSA) is 49.9 Å². The first kappa shape index (κ1) is 14.1. The Labute approximate surface area is 124 Å². The molecule has 2 saturated heterocycles. The van der Waals surface area contributed by atoms with Crippen molar-refractivity contribution in [2.45, 2.75) is 25.9 Å². The highest BCUT2D eigenvalue weighted by Crippen LogP contribution is 2.22.